The summed E-state index contributed by atoms with van der Waals surface area (Å²) in [5, 5.41) is 5.63. The molecule has 0 unspecified atom stereocenters. The molecule has 3 rings (SSSR count). The number of hydrogen-bond acceptors (Lipinski definition) is 6. The topological polar surface area (TPSA) is 119 Å². The van der Waals surface area contributed by atoms with Crippen LogP contribution < -0.4 is 10.7 Å². The lowest BCUT2D eigenvalue weighted by atomic mass is 10.2. The second-order valence-corrected chi connectivity index (χ2v) is 6.32. The maximum Gasteiger partial charge on any atom is 0.247 e. The van der Waals surface area contributed by atoms with Crippen molar-refractivity contribution in [1.29, 1.82) is 0 Å². The molecule has 3 N–H and O–H groups in total. The van der Waals surface area contributed by atoms with E-state index in [2.05, 4.69) is 14.3 Å². The minimum absolute atomic E-state index is 0.0532. The third kappa shape index (κ3) is 4.32. The third-order valence-electron chi connectivity index (χ3n) is 2.47. The second-order valence-electron chi connectivity index (χ2n) is 4.01. The van der Waals surface area contributed by atoms with E-state index in [4.69, 9.17) is 5.14 Å². The number of H-pyrrole nitrogens is 1. The van der Waals surface area contributed by atoms with Crippen molar-refractivity contribution in [3.8, 4) is 10.6 Å². The highest BCUT2D eigenvalue weighted by Gasteiger charge is 2.15. The molecule has 0 saturated carbocycles. The Kier molecular flexibility index (Phi) is 5.15. The first kappa shape index (κ1) is 16.0. The van der Waals surface area contributed by atoms with Gasteiger partial charge in [-0.2, -0.15) is 4.37 Å². The van der Waals surface area contributed by atoms with Gasteiger partial charge in [0, 0.05) is 17.8 Å². The van der Waals surface area contributed by atoms with Crippen LogP contribution in [-0.4, -0.2) is 22.8 Å². The summed E-state index contributed by atoms with van der Waals surface area (Å²) in [7, 11) is -3.72. The van der Waals surface area contributed by atoms with E-state index in [1.165, 1.54) is 18.5 Å². The Labute approximate surface area is 130 Å². The summed E-state index contributed by atoms with van der Waals surface area (Å²) in [6, 6.07) is 11.4. The number of sulfonamides is 1. The molecule has 0 bridgehead atoms. The number of pyridine rings is 1. The number of nitrogens with two attached hydrogens (primary N) is 1. The maximum atomic E-state index is 11.3. The molecule has 0 saturated heterocycles. The number of nitrogens with zero attached hydrogens (tertiary/aromatic N) is 2. The van der Waals surface area contributed by atoms with Crippen molar-refractivity contribution >= 4 is 21.6 Å². The van der Waals surface area contributed by atoms with E-state index in [1.807, 2.05) is 0 Å². The summed E-state index contributed by atoms with van der Waals surface area (Å²) in [5.41, 5.74) is 0.435. The fourth-order valence-corrected chi connectivity index (χ4v) is 2.93. The quantitative estimate of drug-likeness (QED) is 0.729. The molecule has 1 aromatic carbocycles. The number of aromatic nitrogens is 3. The van der Waals surface area contributed by atoms with Gasteiger partial charge in [-0.1, -0.05) is 24.3 Å². The molecule has 114 valence electrons. The van der Waals surface area contributed by atoms with Gasteiger partial charge in [-0.25, -0.2) is 18.5 Å². The zero-order chi connectivity index (χ0) is 16.0. The van der Waals surface area contributed by atoms with Crippen LogP contribution in [0.1, 0.15) is 0 Å². The van der Waals surface area contributed by atoms with Crippen LogP contribution in [0, 0.1) is 0 Å². The van der Waals surface area contributed by atoms with Crippen molar-refractivity contribution in [1.82, 2.24) is 14.3 Å². The summed E-state index contributed by atoms with van der Waals surface area (Å²) in [4.78, 5) is 16.7. The molecule has 9 heteroatoms. The molecular formula is C13H12N4O3S2. The molecule has 0 fully saturated rings. The number of hydrogen-bond donors (Lipinski definition) is 2. The summed E-state index contributed by atoms with van der Waals surface area (Å²) in [6.07, 6.45) is 2.97. The monoisotopic (exact) mass is 336 g/mol. The van der Waals surface area contributed by atoms with Crippen LogP contribution in [0.15, 0.2) is 64.7 Å². The lowest BCUT2D eigenvalue weighted by molar-refractivity contribution is 0.598. The summed E-state index contributed by atoms with van der Waals surface area (Å²) >= 11 is 1.13. The molecule has 2 heterocycles. The Balaban J connectivity index is 0.000000211. The van der Waals surface area contributed by atoms with Crippen molar-refractivity contribution in [3.63, 3.8) is 0 Å². The average molecular weight is 336 g/mol. The number of primary sulfonamides is 1. The van der Waals surface area contributed by atoms with Gasteiger partial charge >= 0.3 is 0 Å². The number of nitrogens with one attached hydrogen (secondary N) is 1. The van der Waals surface area contributed by atoms with Crippen LogP contribution in [0.3, 0.4) is 0 Å². The van der Waals surface area contributed by atoms with Crippen molar-refractivity contribution in [3.05, 3.63) is 65.3 Å². The van der Waals surface area contributed by atoms with Gasteiger partial charge in [-0.3, -0.25) is 4.79 Å². The van der Waals surface area contributed by atoms with Crippen molar-refractivity contribution in [2.24, 2.45) is 5.14 Å². The lowest BCUT2D eigenvalue weighted by Crippen LogP contribution is -2.13. The number of aromatic amines is 1. The first-order chi connectivity index (χ1) is 10.5. The first-order valence-corrected chi connectivity index (χ1v) is 8.33. The molecule has 0 aliphatic carbocycles. The predicted octanol–water partition coefficient (Wildman–Crippen LogP) is 1.23. The molecule has 2 aromatic heterocycles. The van der Waals surface area contributed by atoms with Crippen LogP contribution >= 0.6 is 11.5 Å². The van der Waals surface area contributed by atoms with E-state index in [0.717, 1.165) is 11.5 Å². The molecule has 0 aliphatic rings. The van der Waals surface area contributed by atoms with Gasteiger partial charge in [0.15, 0.2) is 0 Å². The minimum atomic E-state index is -3.72. The molecule has 7 nitrogen and oxygen atoms in total. The molecular weight excluding hydrogens is 324 g/mol. The maximum absolute atomic E-state index is 11.3. The highest BCUT2D eigenvalue weighted by atomic mass is 32.2. The van der Waals surface area contributed by atoms with E-state index < -0.39 is 10.0 Å². The molecule has 0 amide bonds. The van der Waals surface area contributed by atoms with Crippen molar-refractivity contribution < 1.29 is 8.42 Å². The highest BCUT2D eigenvalue weighted by molar-refractivity contribution is 7.89. The van der Waals surface area contributed by atoms with Crippen LogP contribution in [0.5, 0.6) is 0 Å². The van der Waals surface area contributed by atoms with Crippen LogP contribution in [-0.2, 0) is 10.0 Å². The predicted molar refractivity (Wildman–Crippen MR) is 83.8 cm³/mol. The standard InChI is InChI=1S/C8H7N3O2S2.C5H5NO/c9-15(12,13)7-4-2-1-3-6(7)8-10-5-11-14-8;7-5-3-1-2-4-6-5/h1-5H,(H2,9,12,13);1-4H,(H,6,7). The Morgan fingerprint density at radius 1 is 1.09 bits per heavy atom. The van der Waals surface area contributed by atoms with Crippen molar-refractivity contribution in [2.45, 2.75) is 4.90 Å². The largest absolute Gasteiger partial charge is 0.329 e. The highest BCUT2D eigenvalue weighted by Crippen LogP contribution is 2.26. The fraction of sp³-hybridized carbons (Fsp3) is 0. The van der Waals surface area contributed by atoms with Crippen LogP contribution in [0.2, 0.25) is 0 Å². The van der Waals surface area contributed by atoms with Gasteiger partial charge < -0.3 is 4.98 Å². The fourth-order valence-electron chi connectivity index (χ4n) is 1.56. The van der Waals surface area contributed by atoms with E-state index in [1.54, 1.807) is 36.5 Å². The van der Waals surface area contributed by atoms with Gasteiger partial charge in [-0.15, -0.1) is 0 Å². The summed E-state index contributed by atoms with van der Waals surface area (Å²) in [5.74, 6) is 0. The van der Waals surface area contributed by atoms with E-state index in [0.29, 0.717) is 10.6 Å². The molecule has 0 spiro atoms. The molecule has 22 heavy (non-hydrogen) atoms. The van der Waals surface area contributed by atoms with Gasteiger partial charge in [0.2, 0.25) is 15.6 Å². The van der Waals surface area contributed by atoms with Gasteiger partial charge in [0.1, 0.15) is 11.3 Å². The summed E-state index contributed by atoms with van der Waals surface area (Å²) < 4.78 is 26.4. The van der Waals surface area contributed by atoms with E-state index in [9.17, 15) is 13.2 Å². The van der Waals surface area contributed by atoms with Gasteiger partial charge in [0.05, 0.1) is 4.90 Å². The van der Waals surface area contributed by atoms with Gasteiger partial charge in [-0.05, 0) is 23.7 Å². The normalized spacial score (nSPS) is 10.6. The minimum Gasteiger partial charge on any atom is -0.329 e. The zero-order valence-corrected chi connectivity index (χ0v) is 12.8. The number of rotatable bonds is 2. The van der Waals surface area contributed by atoms with E-state index in [-0.39, 0.29) is 10.5 Å². The van der Waals surface area contributed by atoms with E-state index >= 15 is 0 Å². The van der Waals surface area contributed by atoms with Crippen LogP contribution in [0.25, 0.3) is 10.6 Å². The smallest absolute Gasteiger partial charge is 0.247 e. The van der Waals surface area contributed by atoms with Crippen molar-refractivity contribution in [2.75, 3.05) is 0 Å². The molecule has 3 aromatic rings. The van der Waals surface area contributed by atoms with Gasteiger partial charge in [0.25, 0.3) is 0 Å². The van der Waals surface area contributed by atoms with Crippen LogP contribution in [0.4, 0.5) is 0 Å². The number of benzene rings is 1. The Morgan fingerprint density at radius 3 is 2.32 bits per heavy atom. The average Bonchev–Trinajstić information content (AvgIpc) is 3.02. The molecule has 0 atom stereocenters. The Morgan fingerprint density at radius 2 is 1.82 bits per heavy atom. The Bertz CT molecular complexity index is 872. The SMILES string of the molecule is NS(=O)(=O)c1ccccc1-c1ncns1.O=c1cccc[nH]1. The lowest BCUT2D eigenvalue weighted by Gasteiger charge is -2.03. The third-order valence-corrected chi connectivity index (χ3v) is 4.13. The first-order valence-electron chi connectivity index (χ1n) is 6.01. The molecule has 0 aliphatic heterocycles. The Hall–Kier alpha value is -2.36. The summed E-state index contributed by atoms with van der Waals surface area (Å²) in [6.45, 7) is 0. The second kappa shape index (κ2) is 7.07. The zero-order valence-electron chi connectivity index (χ0n) is 11.2. The molecule has 0 radical (unpaired) electrons.